The van der Waals surface area contributed by atoms with Crippen LogP contribution in [0.15, 0.2) is 35.3 Å². The molecule has 0 aromatic heterocycles. The molecule has 0 aliphatic carbocycles. The molecule has 17 heavy (non-hydrogen) atoms. The van der Waals surface area contributed by atoms with Gasteiger partial charge in [-0.1, -0.05) is 22.0 Å². The number of carboxylic acid groups (broad SMARTS) is 1. The molecule has 0 spiro atoms. The van der Waals surface area contributed by atoms with E-state index in [4.69, 9.17) is 5.11 Å². The Kier molecular flexibility index (Phi) is 5.31. The molecule has 0 unspecified atom stereocenters. The highest BCUT2D eigenvalue weighted by atomic mass is 79.9. The van der Waals surface area contributed by atoms with Crippen molar-refractivity contribution in [3.05, 3.63) is 46.7 Å². The maximum absolute atomic E-state index is 13.1. The van der Waals surface area contributed by atoms with E-state index in [0.717, 1.165) is 4.47 Å². The van der Waals surface area contributed by atoms with Gasteiger partial charge >= 0.3 is 5.97 Å². The van der Waals surface area contributed by atoms with Crippen molar-refractivity contribution < 1.29 is 14.3 Å². The molecule has 0 heterocycles. The van der Waals surface area contributed by atoms with Gasteiger partial charge in [-0.2, -0.15) is 0 Å². The van der Waals surface area contributed by atoms with Crippen LogP contribution in [-0.2, 0) is 11.3 Å². The number of carbonyl (C=O) groups is 1. The van der Waals surface area contributed by atoms with E-state index in [1.54, 1.807) is 17.0 Å². The maximum atomic E-state index is 13.1. The molecule has 1 aromatic carbocycles. The maximum Gasteiger partial charge on any atom is 0.317 e. The van der Waals surface area contributed by atoms with Gasteiger partial charge in [0.1, 0.15) is 5.82 Å². The number of hydrogen-bond donors (Lipinski definition) is 1. The Labute approximate surface area is 108 Å². The lowest BCUT2D eigenvalue weighted by atomic mass is 10.2. The van der Waals surface area contributed by atoms with Crippen LogP contribution in [0.2, 0.25) is 0 Å². The first-order valence-corrected chi connectivity index (χ1v) is 5.81. The van der Waals surface area contributed by atoms with Crippen molar-refractivity contribution in [2.75, 3.05) is 13.1 Å². The van der Waals surface area contributed by atoms with E-state index in [-0.39, 0.29) is 12.4 Å². The number of benzene rings is 1. The van der Waals surface area contributed by atoms with Crippen LogP contribution in [0.25, 0.3) is 0 Å². The topological polar surface area (TPSA) is 40.5 Å². The smallest absolute Gasteiger partial charge is 0.317 e. The summed E-state index contributed by atoms with van der Waals surface area (Å²) in [4.78, 5) is 12.3. The minimum Gasteiger partial charge on any atom is -0.480 e. The fraction of sp³-hybridized carbons (Fsp3) is 0.250. The second-order valence-corrected chi connectivity index (χ2v) is 4.44. The van der Waals surface area contributed by atoms with Gasteiger partial charge in [0.05, 0.1) is 6.54 Å². The van der Waals surface area contributed by atoms with Crippen molar-refractivity contribution in [2.45, 2.75) is 6.54 Å². The summed E-state index contributed by atoms with van der Waals surface area (Å²) < 4.78 is 13.8. The van der Waals surface area contributed by atoms with Crippen LogP contribution in [0.3, 0.4) is 0 Å². The lowest BCUT2D eigenvalue weighted by Crippen LogP contribution is -2.29. The van der Waals surface area contributed by atoms with Gasteiger partial charge < -0.3 is 5.11 Å². The molecule has 0 radical (unpaired) electrons. The van der Waals surface area contributed by atoms with E-state index in [0.29, 0.717) is 18.7 Å². The second-order valence-electron chi connectivity index (χ2n) is 3.59. The van der Waals surface area contributed by atoms with Crippen molar-refractivity contribution in [1.82, 2.24) is 4.90 Å². The van der Waals surface area contributed by atoms with Crippen LogP contribution < -0.4 is 0 Å². The minimum atomic E-state index is -0.917. The van der Waals surface area contributed by atoms with E-state index >= 15 is 0 Å². The van der Waals surface area contributed by atoms with Gasteiger partial charge in [0.25, 0.3) is 0 Å². The number of nitrogens with zero attached hydrogens (tertiary/aromatic N) is 1. The van der Waals surface area contributed by atoms with Gasteiger partial charge in [0, 0.05) is 17.6 Å². The van der Waals surface area contributed by atoms with Crippen molar-refractivity contribution in [3.8, 4) is 0 Å². The first kappa shape index (κ1) is 13.9. The quantitative estimate of drug-likeness (QED) is 0.821. The van der Waals surface area contributed by atoms with Crippen molar-refractivity contribution >= 4 is 21.9 Å². The molecule has 0 saturated carbocycles. The molecule has 0 bridgehead atoms. The highest BCUT2D eigenvalue weighted by molar-refractivity contribution is 9.10. The fourth-order valence-corrected chi connectivity index (χ4v) is 1.84. The van der Waals surface area contributed by atoms with Crippen LogP contribution in [0.4, 0.5) is 4.39 Å². The lowest BCUT2D eigenvalue weighted by molar-refractivity contribution is -0.138. The average Bonchev–Trinajstić information content (AvgIpc) is 2.23. The third-order valence-electron chi connectivity index (χ3n) is 2.15. The summed E-state index contributed by atoms with van der Waals surface area (Å²) in [5.74, 6) is -1.25. The highest BCUT2D eigenvalue weighted by Crippen LogP contribution is 2.19. The zero-order chi connectivity index (χ0) is 12.8. The first-order valence-electron chi connectivity index (χ1n) is 5.02. The predicted octanol–water partition coefficient (Wildman–Crippen LogP) is 2.66. The SMILES string of the molecule is C=CCN(CC(=O)O)Cc1cc(F)ccc1Br. The van der Waals surface area contributed by atoms with Crippen LogP contribution >= 0.6 is 15.9 Å². The van der Waals surface area contributed by atoms with E-state index in [1.807, 2.05) is 0 Å². The monoisotopic (exact) mass is 301 g/mol. The molecule has 1 aromatic rings. The molecule has 0 atom stereocenters. The Balaban J connectivity index is 2.80. The van der Waals surface area contributed by atoms with Crippen molar-refractivity contribution in [3.63, 3.8) is 0 Å². The third kappa shape index (κ3) is 4.66. The molecule has 0 aliphatic heterocycles. The van der Waals surface area contributed by atoms with Gasteiger partial charge in [0.15, 0.2) is 0 Å². The standard InChI is InChI=1S/C12H13BrFNO2/c1-2-5-15(8-12(16)17)7-9-6-10(14)3-4-11(9)13/h2-4,6H,1,5,7-8H2,(H,16,17). The van der Waals surface area contributed by atoms with E-state index in [1.165, 1.54) is 12.1 Å². The molecule has 0 fully saturated rings. The Morgan fingerprint density at radius 3 is 2.88 bits per heavy atom. The summed E-state index contributed by atoms with van der Waals surface area (Å²) in [5.41, 5.74) is 0.716. The lowest BCUT2D eigenvalue weighted by Gasteiger charge is -2.19. The number of aliphatic carboxylic acids is 1. The Bertz CT molecular complexity index is 423. The van der Waals surface area contributed by atoms with E-state index in [2.05, 4.69) is 22.5 Å². The number of halogens is 2. The second kappa shape index (κ2) is 6.51. The molecule has 3 nitrogen and oxygen atoms in total. The number of carboxylic acids is 1. The largest absolute Gasteiger partial charge is 0.480 e. The Morgan fingerprint density at radius 1 is 1.59 bits per heavy atom. The summed E-state index contributed by atoms with van der Waals surface area (Å²) in [6.07, 6.45) is 1.62. The summed E-state index contributed by atoms with van der Waals surface area (Å²) in [7, 11) is 0. The van der Waals surface area contributed by atoms with E-state index in [9.17, 15) is 9.18 Å². The van der Waals surface area contributed by atoms with Crippen molar-refractivity contribution in [1.29, 1.82) is 0 Å². The Hall–Kier alpha value is -1.20. The molecule has 1 rings (SSSR count). The van der Waals surface area contributed by atoms with Crippen molar-refractivity contribution in [2.24, 2.45) is 0 Å². The van der Waals surface area contributed by atoms with Crippen LogP contribution in [0.1, 0.15) is 5.56 Å². The number of hydrogen-bond acceptors (Lipinski definition) is 2. The molecule has 0 aliphatic rings. The minimum absolute atomic E-state index is 0.102. The molecule has 0 amide bonds. The summed E-state index contributed by atoms with van der Waals surface area (Å²) in [5, 5.41) is 8.75. The highest BCUT2D eigenvalue weighted by Gasteiger charge is 2.11. The summed E-state index contributed by atoms with van der Waals surface area (Å²) in [6, 6.07) is 4.35. The van der Waals surface area contributed by atoms with Crippen LogP contribution in [-0.4, -0.2) is 29.1 Å². The van der Waals surface area contributed by atoms with Gasteiger partial charge in [-0.25, -0.2) is 4.39 Å². The third-order valence-corrected chi connectivity index (χ3v) is 2.92. The predicted molar refractivity (Wildman–Crippen MR) is 67.2 cm³/mol. The van der Waals surface area contributed by atoms with Gasteiger partial charge in [-0.05, 0) is 23.8 Å². The van der Waals surface area contributed by atoms with E-state index < -0.39 is 5.97 Å². The van der Waals surface area contributed by atoms with Crippen LogP contribution in [0, 0.1) is 5.82 Å². The summed E-state index contributed by atoms with van der Waals surface area (Å²) in [6.45, 7) is 4.26. The van der Waals surface area contributed by atoms with Crippen LogP contribution in [0.5, 0.6) is 0 Å². The molecular weight excluding hydrogens is 289 g/mol. The molecule has 5 heteroatoms. The molecule has 1 N–H and O–H groups in total. The van der Waals surface area contributed by atoms with Gasteiger partial charge in [0.2, 0.25) is 0 Å². The average molecular weight is 302 g/mol. The molecule has 0 saturated heterocycles. The fourth-order valence-electron chi connectivity index (χ4n) is 1.46. The normalized spacial score (nSPS) is 10.5. The summed E-state index contributed by atoms with van der Waals surface area (Å²) >= 11 is 3.31. The zero-order valence-corrected chi connectivity index (χ0v) is 10.8. The first-order chi connectivity index (χ1) is 8.02. The molecule has 92 valence electrons. The molecular formula is C12H13BrFNO2. The van der Waals surface area contributed by atoms with Gasteiger partial charge in [-0.15, -0.1) is 6.58 Å². The Morgan fingerprint density at radius 2 is 2.29 bits per heavy atom. The zero-order valence-electron chi connectivity index (χ0n) is 9.20. The number of rotatable bonds is 6. The van der Waals surface area contributed by atoms with Gasteiger partial charge in [-0.3, -0.25) is 9.69 Å².